The van der Waals surface area contributed by atoms with Crippen molar-refractivity contribution in [2.75, 3.05) is 11.3 Å². The van der Waals surface area contributed by atoms with Gasteiger partial charge in [-0.3, -0.25) is 0 Å². The van der Waals surface area contributed by atoms with E-state index in [2.05, 4.69) is 20.7 Å². The zero-order valence-corrected chi connectivity index (χ0v) is 10.9. The fraction of sp³-hybridized carbons (Fsp3) is 0.100. The highest BCUT2D eigenvalue weighted by Gasteiger charge is 2.04. The number of aryl methyl sites for hydroxylation is 1. The average Bonchev–Trinajstić information content (AvgIpc) is 2.65. The first-order valence-electron chi connectivity index (χ1n) is 5.00. The summed E-state index contributed by atoms with van der Waals surface area (Å²) in [7, 11) is 0. The van der Waals surface area contributed by atoms with Crippen LogP contribution in [0.25, 0.3) is 0 Å². The Balaban J connectivity index is 2.15. The lowest BCUT2D eigenvalue weighted by Gasteiger charge is -2.01. The Morgan fingerprint density at radius 3 is 2.56 bits per heavy atom. The van der Waals surface area contributed by atoms with Crippen molar-refractivity contribution >= 4 is 35.4 Å². The average molecular weight is 285 g/mol. The lowest BCUT2D eigenvalue weighted by molar-refractivity contribution is 0.926. The zero-order valence-electron chi connectivity index (χ0n) is 9.43. The number of nitrogens with zero attached hydrogens (tertiary/aromatic N) is 4. The Morgan fingerprint density at radius 2 is 2.00 bits per heavy atom. The molecule has 0 spiro atoms. The topological polar surface area (TPSA) is 81.1 Å². The van der Waals surface area contributed by atoms with Gasteiger partial charge in [0.2, 0.25) is 0 Å². The monoisotopic (exact) mass is 284 g/mol. The van der Waals surface area contributed by atoms with Crippen LogP contribution >= 0.6 is 23.2 Å². The van der Waals surface area contributed by atoms with E-state index in [-0.39, 0.29) is 0 Å². The summed E-state index contributed by atoms with van der Waals surface area (Å²) in [6, 6.07) is 5.21. The molecule has 1 heterocycles. The number of anilines is 1. The SMILES string of the molecule is Cc1nnc(NN=Cc2c(Cl)cccc2Cl)n1N. The fourth-order valence-electron chi connectivity index (χ4n) is 1.23. The summed E-state index contributed by atoms with van der Waals surface area (Å²) in [5, 5.41) is 12.6. The smallest absolute Gasteiger partial charge is 0.263 e. The standard InChI is InChI=1S/C10H10Cl2N6/c1-6-15-17-10(18(6)13)16-14-5-7-8(11)3-2-4-9(7)12/h2-5H,13H2,1H3,(H,16,17). The van der Waals surface area contributed by atoms with Gasteiger partial charge in [-0.1, -0.05) is 29.3 Å². The molecule has 0 atom stereocenters. The number of nitrogens with one attached hydrogen (secondary N) is 1. The first kappa shape index (κ1) is 12.7. The lowest BCUT2D eigenvalue weighted by atomic mass is 10.2. The van der Waals surface area contributed by atoms with E-state index in [9.17, 15) is 0 Å². The van der Waals surface area contributed by atoms with Gasteiger partial charge in [-0.25, -0.2) is 10.1 Å². The Kier molecular flexibility index (Phi) is 3.69. The van der Waals surface area contributed by atoms with Gasteiger partial charge in [0.05, 0.1) is 16.3 Å². The van der Waals surface area contributed by atoms with Gasteiger partial charge in [-0.05, 0) is 19.1 Å². The van der Waals surface area contributed by atoms with Crippen LogP contribution in [0.2, 0.25) is 10.0 Å². The van der Waals surface area contributed by atoms with E-state index < -0.39 is 0 Å². The van der Waals surface area contributed by atoms with Crippen LogP contribution in [0, 0.1) is 6.92 Å². The molecule has 0 fully saturated rings. The molecule has 0 aliphatic rings. The lowest BCUT2D eigenvalue weighted by Crippen LogP contribution is -2.13. The number of aromatic nitrogens is 3. The van der Waals surface area contributed by atoms with Crippen molar-refractivity contribution in [2.24, 2.45) is 5.10 Å². The molecule has 3 N–H and O–H groups in total. The summed E-state index contributed by atoms with van der Waals surface area (Å²) in [4.78, 5) is 0. The summed E-state index contributed by atoms with van der Waals surface area (Å²) in [5.41, 5.74) is 3.27. The predicted octanol–water partition coefficient (Wildman–Crippen LogP) is 2.05. The van der Waals surface area contributed by atoms with Crippen LogP contribution in [-0.4, -0.2) is 21.1 Å². The molecule has 0 saturated carbocycles. The molecule has 2 rings (SSSR count). The quantitative estimate of drug-likeness (QED) is 0.514. The predicted molar refractivity (Wildman–Crippen MR) is 72.6 cm³/mol. The number of rotatable bonds is 3. The molecule has 8 heteroatoms. The molecule has 0 bridgehead atoms. The molecule has 0 amide bonds. The number of nitrogens with two attached hydrogens (primary N) is 1. The second-order valence-electron chi connectivity index (χ2n) is 3.45. The number of benzene rings is 1. The minimum Gasteiger partial charge on any atom is -0.335 e. The van der Waals surface area contributed by atoms with Gasteiger partial charge in [0.15, 0.2) is 5.82 Å². The van der Waals surface area contributed by atoms with Crippen molar-refractivity contribution in [3.8, 4) is 0 Å². The van der Waals surface area contributed by atoms with Crippen LogP contribution < -0.4 is 11.3 Å². The number of hydrazone groups is 1. The minimum atomic E-state index is 0.326. The van der Waals surface area contributed by atoms with Gasteiger partial charge in [-0.15, -0.1) is 10.2 Å². The summed E-state index contributed by atoms with van der Waals surface area (Å²) in [6.07, 6.45) is 1.49. The van der Waals surface area contributed by atoms with E-state index in [1.165, 1.54) is 10.9 Å². The van der Waals surface area contributed by atoms with Crippen molar-refractivity contribution < 1.29 is 0 Å². The Morgan fingerprint density at radius 1 is 1.33 bits per heavy atom. The largest absolute Gasteiger partial charge is 0.335 e. The molecule has 2 aromatic rings. The third-order valence-corrected chi connectivity index (χ3v) is 2.88. The van der Waals surface area contributed by atoms with E-state index in [1.807, 2.05) is 0 Å². The first-order chi connectivity index (χ1) is 8.59. The van der Waals surface area contributed by atoms with E-state index in [0.717, 1.165) is 0 Å². The molecular weight excluding hydrogens is 275 g/mol. The van der Waals surface area contributed by atoms with Crippen LogP contribution in [-0.2, 0) is 0 Å². The maximum atomic E-state index is 5.99. The molecule has 0 aliphatic carbocycles. The van der Waals surface area contributed by atoms with Gasteiger partial charge < -0.3 is 5.84 Å². The number of nitrogen functional groups attached to an aromatic ring is 1. The highest BCUT2D eigenvalue weighted by molar-refractivity contribution is 6.38. The van der Waals surface area contributed by atoms with Crippen molar-refractivity contribution in [2.45, 2.75) is 6.92 Å². The van der Waals surface area contributed by atoms with Crippen LogP contribution in [0.1, 0.15) is 11.4 Å². The molecule has 94 valence electrons. The fourth-order valence-corrected chi connectivity index (χ4v) is 1.73. The van der Waals surface area contributed by atoms with E-state index in [4.69, 9.17) is 29.0 Å². The van der Waals surface area contributed by atoms with E-state index >= 15 is 0 Å². The first-order valence-corrected chi connectivity index (χ1v) is 5.75. The zero-order chi connectivity index (χ0) is 13.1. The van der Waals surface area contributed by atoms with Crippen LogP contribution in [0.5, 0.6) is 0 Å². The summed E-state index contributed by atoms with van der Waals surface area (Å²) < 4.78 is 1.28. The molecule has 0 aliphatic heterocycles. The Labute approximate surface area is 113 Å². The molecule has 0 radical (unpaired) electrons. The Bertz CT molecular complexity index is 572. The molecule has 1 aromatic heterocycles. The maximum absolute atomic E-state index is 5.99. The van der Waals surface area contributed by atoms with Crippen LogP contribution in [0.4, 0.5) is 5.95 Å². The molecule has 18 heavy (non-hydrogen) atoms. The van der Waals surface area contributed by atoms with E-state index in [0.29, 0.717) is 27.4 Å². The second kappa shape index (κ2) is 5.24. The van der Waals surface area contributed by atoms with Crippen LogP contribution in [0.15, 0.2) is 23.3 Å². The van der Waals surface area contributed by atoms with E-state index in [1.54, 1.807) is 25.1 Å². The van der Waals surface area contributed by atoms with Crippen molar-refractivity contribution in [1.29, 1.82) is 0 Å². The Hall–Kier alpha value is -1.79. The summed E-state index contributed by atoms with van der Waals surface area (Å²) >= 11 is 12.0. The van der Waals surface area contributed by atoms with Crippen LogP contribution in [0.3, 0.4) is 0 Å². The molecule has 6 nitrogen and oxygen atoms in total. The maximum Gasteiger partial charge on any atom is 0.263 e. The summed E-state index contributed by atoms with van der Waals surface area (Å²) in [5.74, 6) is 6.54. The molecule has 1 aromatic carbocycles. The normalized spacial score (nSPS) is 11.1. The van der Waals surface area contributed by atoms with Crippen molar-refractivity contribution in [1.82, 2.24) is 14.9 Å². The van der Waals surface area contributed by atoms with Gasteiger partial charge in [0, 0.05) is 5.56 Å². The van der Waals surface area contributed by atoms with Gasteiger partial charge in [0.1, 0.15) is 0 Å². The van der Waals surface area contributed by atoms with Gasteiger partial charge >= 0.3 is 0 Å². The number of hydrogen-bond acceptors (Lipinski definition) is 5. The molecular formula is C10H10Cl2N6. The summed E-state index contributed by atoms with van der Waals surface area (Å²) in [6.45, 7) is 1.73. The number of hydrogen-bond donors (Lipinski definition) is 2. The highest BCUT2D eigenvalue weighted by Crippen LogP contribution is 2.22. The van der Waals surface area contributed by atoms with Gasteiger partial charge in [-0.2, -0.15) is 5.10 Å². The molecule has 0 unspecified atom stereocenters. The second-order valence-corrected chi connectivity index (χ2v) is 4.26. The third kappa shape index (κ3) is 2.55. The molecule has 0 saturated heterocycles. The van der Waals surface area contributed by atoms with Gasteiger partial charge in [0.25, 0.3) is 5.95 Å². The highest BCUT2D eigenvalue weighted by atomic mass is 35.5. The van der Waals surface area contributed by atoms with Crippen molar-refractivity contribution in [3.05, 3.63) is 39.6 Å². The third-order valence-electron chi connectivity index (χ3n) is 2.22. The minimum absolute atomic E-state index is 0.326. The number of halogens is 2. The van der Waals surface area contributed by atoms with Crippen molar-refractivity contribution in [3.63, 3.8) is 0 Å².